The van der Waals surface area contributed by atoms with E-state index in [-0.39, 0.29) is 5.91 Å². The Morgan fingerprint density at radius 2 is 1.70 bits per heavy atom. The number of pyridine rings is 2. The molecule has 4 heterocycles. The van der Waals surface area contributed by atoms with Crippen molar-refractivity contribution in [2.24, 2.45) is 0 Å². The van der Waals surface area contributed by atoms with Crippen LogP contribution >= 0.6 is 11.3 Å². The second kappa shape index (κ2) is 9.14. The molecule has 1 N–H and O–H groups in total. The van der Waals surface area contributed by atoms with E-state index >= 15 is 0 Å². The molecule has 156 valence electrons. The van der Waals surface area contributed by atoms with E-state index in [2.05, 4.69) is 66.4 Å². The summed E-state index contributed by atoms with van der Waals surface area (Å²) in [5.41, 5.74) is 3.28. The van der Waals surface area contributed by atoms with Crippen LogP contribution in [0.25, 0.3) is 0 Å². The van der Waals surface area contributed by atoms with Crippen molar-refractivity contribution >= 4 is 34.0 Å². The molecule has 0 aromatic carbocycles. The summed E-state index contributed by atoms with van der Waals surface area (Å²) in [4.78, 5) is 28.0. The zero-order valence-corrected chi connectivity index (χ0v) is 17.8. The molecule has 0 radical (unpaired) electrons. The molecule has 4 rings (SSSR count). The Morgan fingerprint density at radius 1 is 1.03 bits per heavy atom. The lowest BCUT2D eigenvalue weighted by Gasteiger charge is -2.36. The van der Waals surface area contributed by atoms with Gasteiger partial charge in [0, 0.05) is 45.1 Å². The van der Waals surface area contributed by atoms with Gasteiger partial charge in [-0.1, -0.05) is 17.4 Å². The van der Waals surface area contributed by atoms with Crippen LogP contribution in [0.5, 0.6) is 0 Å². The normalized spacial score (nSPS) is 14.2. The van der Waals surface area contributed by atoms with Crippen molar-refractivity contribution in [3.63, 3.8) is 0 Å². The van der Waals surface area contributed by atoms with Gasteiger partial charge in [-0.2, -0.15) is 0 Å². The van der Waals surface area contributed by atoms with E-state index in [0.717, 1.165) is 44.4 Å². The van der Waals surface area contributed by atoms with Crippen LogP contribution in [0, 0.1) is 0 Å². The first-order valence-electron chi connectivity index (χ1n) is 9.71. The van der Waals surface area contributed by atoms with E-state index in [4.69, 9.17) is 0 Å². The molecule has 30 heavy (non-hydrogen) atoms. The van der Waals surface area contributed by atoms with Gasteiger partial charge in [-0.25, -0.2) is 9.97 Å². The molecule has 9 nitrogen and oxygen atoms in total. The Kier molecular flexibility index (Phi) is 6.15. The number of hydrogen-bond acceptors (Lipinski definition) is 9. The summed E-state index contributed by atoms with van der Waals surface area (Å²) in [6.07, 6.45) is 3.55. The molecule has 0 atom stereocenters. The van der Waals surface area contributed by atoms with Crippen LogP contribution in [0.1, 0.15) is 15.9 Å². The quantitative estimate of drug-likeness (QED) is 0.642. The monoisotopic (exact) mass is 424 g/mol. The van der Waals surface area contributed by atoms with E-state index in [9.17, 15) is 4.79 Å². The number of aromatic nitrogens is 4. The van der Waals surface area contributed by atoms with Crippen molar-refractivity contribution < 1.29 is 4.79 Å². The molecule has 3 aromatic rings. The van der Waals surface area contributed by atoms with Crippen LogP contribution in [0.15, 0.2) is 42.2 Å². The van der Waals surface area contributed by atoms with Gasteiger partial charge in [0.2, 0.25) is 5.13 Å². The Balaban J connectivity index is 1.32. The highest BCUT2D eigenvalue weighted by Gasteiger charge is 2.19. The second-order valence-electron chi connectivity index (χ2n) is 7.34. The minimum Gasteiger partial charge on any atom is -0.353 e. The van der Waals surface area contributed by atoms with Crippen molar-refractivity contribution in [3.8, 4) is 0 Å². The van der Waals surface area contributed by atoms with Crippen LogP contribution in [0.3, 0.4) is 0 Å². The summed E-state index contributed by atoms with van der Waals surface area (Å²) in [6, 6.07) is 7.91. The Labute approximate surface area is 179 Å². The molecule has 0 saturated carbocycles. The van der Waals surface area contributed by atoms with Gasteiger partial charge in [-0.05, 0) is 37.9 Å². The molecule has 1 fully saturated rings. The summed E-state index contributed by atoms with van der Waals surface area (Å²) in [7, 11) is 4.11. The van der Waals surface area contributed by atoms with E-state index in [1.54, 1.807) is 17.8 Å². The van der Waals surface area contributed by atoms with E-state index in [1.165, 1.54) is 16.9 Å². The van der Waals surface area contributed by atoms with Crippen LogP contribution in [0.4, 0.5) is 16.8 Å². The van der Waals surface area contributed by atoms with Crippen LogP contribution < -0.4 is 15.1 Å². The molecule has 0 aliphatic carbocycles. The highest BCUT2D eigenvalue weighted by Crippen LogP contribution is 2.19. The minimum absolute atomic E-state index is 0.237. The minimum atomic E-state index is -0.237. The number of carbonyl (C=O) groups excluding carboxylic acids is 1. The maximum atomic E-state index is 12.2. The third-order valence-electron chi connectivity index (χ3n) is 4.83. The van der Waals surface area contributed by atoms with Gasteiger partial charge >= 0.3 is 0 Å². The Morgan fingerprint density at radius 3 is 2.20 bits per heavy atom. The zero-order valence-electron chi connectivity index (χ0n) is 17.0. The fourth-order valence-corrected chi connectivity index (χ4v) is 3.77. The fourth-order valence-electron chi connectivity index (χ4n) is 3.33. The lowest BCUT2D eigenvalue weighted by molar-refractivity contribution is 0.102. The molecule has 1 aliphatic heterocycles. The highest BCUT2D eigenvalue weighted by atomic mass is 32.1. The average Bonchev–Trinajstić information content (AvgIpc) is 3.27. The molecule has 1 aliphatic rings. The van der Waals surface area contributed by atoms with Crippen molar-refractivity contribution in [1.82, 2.24) is 25.1 Å². The number of hydrogen-bond donors (Lipinski definition) is 1. The van der Waals surface area contributed by atoms with Gasteiger partial charge in [0.15, 0.2) is 0 Å². The molecule has 0 spiro atoms. The first-order chi connectivity index (χ1) is 14.6. The molecular formula is C20H24N8OS. The summed E-state index contributed by atoms with van der Waals surface area (Å²) in [5, 5.41) is 10.7. The van der Waals surface area contributed by atoms with Gasteiger partial charge in [0.1, 0.15) is 17.1 Å². The van der Waals surface area contributed by atoms with Crippen molar-refractivity contribution in [2.45, 2.75) is 6.54 Å². The summed E-state index contributed by atoms with van der Waals surface area (Å²) >= 11 is 1.28. The maximum Gasteiger partial charge on any atom is 0.259 e. The average molecular weight is 425 g/mol. The number of rotatable bonds is 6. The third-order valence-corrected chi connectivity index (χ3v) is 5.43. The molecule has 1 amide bonds. The van der Waals surface area contributed by atoms with E-state index < -0.39 is 0 Å². The third kappa shape index (κ3) is 4.89. The SMILES string of the molecule is CN(C)Cc1ccc(N2CCN(c3ccc(C(=O)Nc4nncs4)cn3)CC2)nc1. The van der Waals surface area contributed by atoms with Gasteiger partial charge in [0.05, 0.1) is 5.56 Å². The number of nitrogens with one attached hydrogen (secondary N) is 1. The molecular weight excluding hydrogens is 400 g/mol. The fraction of sp³-hybridized carbons (Fsp3) is 0.350. The smallest absolute Gasteiger partial charge is 0.259 e. The number of amides is 1. The summed E-state index contributed by atoms with van der Waals surface area (Å²) in [6.45, 7) is 4.35. The summed E-state index contributed by atoms with van der Waals surface area (Å²) in [5.74, 6) is 1.64. The van der Waals surface area contributed by atoms with Crippen molar-refractivity contribution in [1.29, 1.82) is 0 Å². The molecule has 1 saturated heterocycles. The first kappa shape index (κ1) is 20.2. The largest absolute Gasteiger partial charge is 0.353 e. The van der Waals surface area contributed by atoms with E-state index in [0.29, 0.717) is 10.7 Å². The Bertz CT molecular complexity index is 951. The maximum absolute atomic E-state index is 12.2. The predicted molar refractivity (Wildman–Crippen MR) is 118 cm³/mol. The molecule has 10 heteroatoms. The van der Waals surface area contributed by atoms with Crippen LogP contribution in [0.2, 0.25) is 0 Å². The van der Waals surface area contributed by atoms with Gasteiger partial charge < -0.3 is 14.7 Å². The number of piperazine rings is 1. The Hall–Kier alpha value is -3.11. The van der Waals surface area contributed by atoms with Gasteiger partial charge in [-0.15, -0.1) is 10.2 Å². The highest BCUT2D eigenvalue weighted by molar-refractivity contribution is 7.13. The standard InChI is InChI=1S/C20H24N8OS/c1-26(2)13-15-3-5-17(21-11-15)27-7-9-28(10-8-27)18-6-4-16(12-22-18)19(29)24-20-25-23-14-30-20/h3-6,11-12,14H,7-10,13H2,1-2H3,(H,24,25,29). The number of anilines is 3. The van der Waals surface area contributed by atoms with Crippen LogP contribution in [-0.4, -0.2) is 71.2 Å². The molecule has 0 bridgehead atoms. The van der Waals surface area contributed by atoms with Crippen LogP contribution in [-0.2, 0) is 6.54 Å². The lowest BCUT2D eigenvalue weighted by atomic mass is 10.2. The van der Waals surface area contributed by atoms with Crippen molar-refractivity contribution in [2.75, 3.05) is 55.4 Å². The van der Waals surface area contributed by atoms with Crippen molar-refractivity contribution in [3.05, 3.63) is 53.3 Å². The molecule has 3 aromatic heterocycles. The summed E-state index contributed by atoms with van der Waals surface area (Å²) < 4.78 is 0. The van der Waals surface area contributed by atoms with Gasteiger partial charge in [0.25, 0.3) is 5.91 Å². The van der Waals surface area contributed by atoms with E-state index in [1.807, 2.05) is 12.3 Å². The predicted octanol–water partition coefficient (Wildman–Crippen LogP) is 1.97. The zero-order chi connectivity index (χ0) is 20.9. The van der Waals surface area contributed by atoms with Gasteiger partial charge in [-0.3, -0.25) is 10.1 Å². The second-order valence-corrected chi connectivity index (χ2v) is 8.17. The topological polar surface area (TPSA) is 90.4 Å². The molecule has 0 unspecified atom stereocenters. The number of carbonyl (C=O) groups is 1. The number of nitrogens with zero attached hydrogens (tertiary/aromatic N) is 7. The lowest BCUT2D eigenvalue weighted by Crippen LogP contribution is -2.47. The first-order valence-corrected chi connectivity index (χ1v) is 10.6.